The molecule has 2 nitrogen and oxygen atoms in total. The van der Waals surface area contributed by atoms with Crippen LogP contribution in [0.15, 0.2) is 0 Å². The predicted octanol–water partition coefficient (Wildman–Crippen LogP) is 2.64. The zero-order chi connectivity index (χ0) is 10.9. The van der Waals surface area contributed by atoms with Crippen molar-refractivity contribution in [2.24, 2.45) is 0 Å². The Kier molecular flexibility index (Phi) is 7.03. The SMILES string of the molecule is CCCCCCCN1CCNCC1CC. The van der Waals surface area contributed by atoms with Crippen molar-refractivity contribution < 1.29 is 0 Å². The van der Waals surface area contributed by atoms with E-state index in [0.717, 1.165) is 6.04 Å². The van der Waals surface area contributed by atoms with Gasteiger partial charge >= 0.3 is 0 Å². The molecule has 0 spiro atoms. The van der Waals surface area contributed by atoms with E-state index < -0.39 is 0 Å². The van der Waals surface area contributed by atoms with Crippen LogP contribution in [0.25, 0.3) is 0 Å². The molecule has 90 valence electrons. The van der Waals surface area contributed by atoms with Crippen LogP contribution in [-0.2, 0) is 0 Å². The van der Waals surface area contributed by atoms with Crippen LogP contribution in [0.2, 0.25) is 0 Å². The van der Waals surface area contributed by atoms with Crippen LogP contribution in [0, 0.1) is 0 Å². The van der Waals surface area contributed by atoms with Crippen LogP contribution in [0.3, 0.4) is 0 Å². The molecule has 0 amide bonds. The Hall–Kier alpha value is -0.0800. The van der Waals surface area contributed by atoms with Gasteiger partial charge in [0.2, 0.25) is 0 Å². The average molecular weight is 212 g/mol. The van der Waals surface area contributed by atoms with Crippen LogP contribution < -0.4 is 5.32 Å². The summed E-state index contributed by atoms with van der Waals surface area (Å²) in [7, 11) is 0. The van der Waals surface area contributed by atoms with Gasteiger partial charge in [-0.3, -0.25) is 4.90 Å². The van der Waals surface area contributed by atoms with Crippen molar-refractivity contribution in [2.75, 3.05) is 26.2 Å². The molecule has 0 aromatic heterocycles. The molecule has 1 fully saturated rings. The average Bonchev–Trinajstić information content (AvgIpc) is 2.29. The van der Waals surface area contributed by atoms with Crippen molar-refractivity contribution in [3.8, 4) is 0 Å². The minimum atomic E-state index is 0.796. The van der Waals surface area contributed by atoms with E-state index in [4.69, 9.17) is 0 Å². The molecule has 1 N–H and O–H groups in total. The molecular formula is C13H28N2. The summed E-state index contributed by atoms with van der Waals surface area (Å²) in [5, 5.41) is 3.48. The molecule has 1 unspecified atom stereocenters. The fourth-order valence-corrected chi connectivity index (χ4v) is 2.42. The number of piperazine rings is 1. The number of nitrogens with one attached hydrogen (secondary N) is 1. The minimum Gasteiger partial charge on any atom is -0.314 e. The quantitative estimate of drug-likeness (QED) is 0.653. The normalized spacial score (nSPS) is 23.2. The van der Waals surface area contributed by atoms with Crippen LogP contribution in [0.4, 0.5) is 0 Å². The highest BCUT2D eigenvalue weighted by Crippen LogP contribution is 2.10. The third-order valence-electron chi connectivity index (χ3n) is 3.49. The lowest BCUT2D eigenvalue weighted by molar-refractivity contribution is 0.154. The van der Waals surface area contributed by atoms with Crippen LogP contribution in [0.5, 0.6) is 0 Å². The first-order valence-electron chi connectivity index (χ1n) is 6.83. The molecule has 1 saturated heterocycles. The first-order valence-corrected chi connectivity index (χ1v) is 6.83. The van der Waals surface area contributed by atoms with E-state index in [9.17, 15) is 0 Å². The van der Waals surface area contributed by atoms with Gasteiger partial charge < -0.3 is 5.32 Å². The Morgan fingerprint density at radius 3 is 2.67 bits per heavy atom. The Morgan fingerprint density at radius 1 is 1.13 bits per heavy atom. The van der Waals surface area contributed by atoms with E-state index in [0.29, 0.717) is 0 Å². The molecule has 1 rings (SSSR count). The second-order valence-electron chi connectivity index (χ2n) is 4.72. The number of hydrogen-bond acceptors (Lipinski definition) is 2. The minimum absolute atomic E-state index is 0.796. The Balaban J connectivity index is 2.07. The van der Waals surface area contributed by atoms with E-state index in [1.165, 1.54) is 64.7 Å². The topological polar surface area (TPSA) is 15.3 Å². The molecule has 1 heterocycles. The highest BCUT2D eigenvalue weighted by atomic mass is 15.2. The lowest BCUT2D eigenvalue weighted by Crippen LogP contribution is -2.51. The maximum Gasteiger partial charge on any atom is 0.0218 e. The van der Waals surface area contributed by atoms with Crippen molar-refractivity contribution in [3.63, 3.8) is 0 Å². The maximum atomic E-state index is 3.48. The smallest absolute Gasteiger partial charge is 0.0218 e. The molecule has 0 radical (unpaired) electrons. The van der Waals surface area contributed by atoms with Gasteiger partial charge in [0.15, 0.2) is 0 Å². The summed E-state index contributed by atoms with van der Waals surface area (Å²) in [5.41, 5.74) is 0. The monoisotopic (exact) mass is 212 g/mol. The second kappa shape index (κ2) is 8.12. The number of nitrogens with zero attached hydrogens (tertiary/aromatic N) is 1. The Bertz CT molecular complexity index is 147. The van der Waals surface area contributed by atoms with Gasteiger partial charge in [-0.25, -0.2) is 0 Å². The summed E-state index contributed by atoms with van der Waals surface area (Å²) < 4.78 is 0. The second-order valence-corrected chi connectivity index (χ2v) is 4.72. The van der Waals surface area contributed by atoms with Gasteiger partial charge in [-0.1, -0.05) is 39.5 Å². The zero-order valence-electron chi connectivity index (χ0n) is 10.6. The molecule has 1 atom stereocenters. The highest BCUT2D eigenvalue weighted by molar-refractivity contribution is 4.78. The molecule has 0 aromatic carbocycles. The molecule has 15 heavy (non-hydrogen) atoms. The summed E-state index contributed by atoms with van der Waals surface area (Å²) in [4.78, 5) is 2.68. The maximum absolute atomic E-state index is 3.48. The van der Waals surface area contributed by atoms with Crippen molar-refractivity contribution in [1.82, 2.24) is 10.2 Å². The van der Waals surface area contributed by atoms with Crippen LogP contribution >= 0.6 is 0 Å². The molecule has 0 aliphatic carbocycles. The number of rotatable bonds is 7. The summed E-state index contributed by atoms with van der Waals surface area (Å²) in [5.74, 6) is 0. The van der Waals surface area contributed by atoms with Crippen LogP contribution in [-0.4, -0.2) is 37.1 Å². The lowest BCUT2D eigenvalue weighted by Gasteiger charge is -2.35. The first-order chi connectivity index (χ1) is 7.38. The van der Waals surface area contributed by atoms with Gasteiger partial charge in [0.25, 0.3) is 0 Å². The van der Waals surface area contributed by atoms with E-state index in [-0.39, 0.29) is 0 Å². The Morgan fingerprint density at radius 2 is 1.93 bits per heavy atom. The summed E-state index contributed by atoms with van der Waals surface area (Å²) in [6, 6.07) is 0.796. The molecule has 0 bridgehead atoms. The predicted molar refractivity (Wildman–Crippen MR) is 67.3 cm³/mol. The van der Waals surface area contributed by atoms with Gasteiger partial charge in [0, 0.05) is 25.7 Å². The molecular weight excluding hydrogens is 184 g/mol. The molecule has 1 aliphatic rings. The van der Waals surface area contributed by atoms with Gasteiger partial charge in [0.1, 0.15) is 0 Å². The summed E-state index contributed by atoms with van der Waals surface area (Å²) in [6.07, 6.45) is 8.32. The van der Waals surface area contributed by atoms with Crippen molar-refractivity contribution in [3.05, 3.63) is 0 Å². The molecule has 0 saturated carbocycles. The van der Waals surface area contributed by atoms with Gasteiger partial charge in [-0.15, -0.1) is 0 Å². The van der Waals surface area contributed by atoms with Crippen molar-refractivity contribution in [2.45, 2.75) is 58.4 Å². The molecule has 0 aromatic rings. The van der Waals surface area contributed by atoms with E-state index >= 15 is 0 Å². The summed E-state index contributed by atoms with van der Waals surface area (Å²) in [6.45, 7) is 9.55. The van der Waals surface area contributed by atoms with Crippen LogP contribution in [0.1, 0.15) is 52.4 Å². The fraction of sp³-hybridized carbons (Fsp3) is 1.00. The van der Waals surface area contributed by atoms with Gasteiger partial charge in [-0.2, -0.15) is 0 Å². The first kappa shape index (κ1) is 13.0. The lowest BCUT2D eigenvalue weighted by atomic mass is 10.1. The van der Waals surface area contributed by atoms with Crippen molar-refractivity contribution >= 4 is 0 Å². The largest absolute Gasteiger partial charge is 0.314 e. The van der Waals surface area contributed by atoms with Crippen molar-refractivity contribution in [1.29, 1.82) is 0 Å². The number of hydrogen-bond donors (Lipinski definition) is 1. The van der Waals surface area contributed by atoms with E-state index in [1.807, 2.05) is 0 Å². The number of unbranched alkanes of at least 4 members (excludes halogenated alkanes) is 4. The Labute approximate surface area is 95.4 Å². The summed E-state index contributed by atoms with van der Waals surface area (Å²) >= 11 is 0. The molecule has 2 heteroatoms. The zero-order valence-corrected chi connectivity index (χ0v) is 10.6. The van der Waals surface area contributed by atoms with Gasteiger partial charge in [0.05, 0.1) is 0 Å². The van der Waals surface area contributed by atoms with E-state index in [2.05, 4.69) is 24.1 Å². The van der Waals surface area contributed by atoms with E-state index in [1.54, 1.807) is 0 Å². The highest BCUT2D eigenvalue weighted by Gasteiger charge is 2.19. The molecule has 1 aliphatic heterocycles. The standard InChI is InChI=1S/C13H28N2/c1-3-5-6-7-8-10-15-11-9-14-12-13(15)4-2/h13-14H,3-12H2,1-2H3. The third kappa shape index (κ3) is 4.98. The van der Waals surface area contributed by atoms with Gasteiger partial charge in [-0.05, 0) is 19.4 Å². The fourth-order valence-electron chi connectivity index (χ4n) is 2.42. The third-order valence-corrected chi connectivity index (χ3v) is 3.49.